The van der Waals surface area contributed by atoms with Crippen LogP contribution >= 0.6 is 0 Å². The lowest BCUT2D eigenvalue weighted by molar-refractivity contribution is -0.151. The highest BCUT2D eigenvalue weighted by molar-refractivity contribution is 6.00. The van der Waals surface area contributed by atoms with Crippen LogP contribution in [0.4, 0.5) is 11.4 Å². The number of amides is 2. The third kappa shape index (κ3) is 4.37. The third-order valence-corrected chi connectivity index (χ3v) is 5.84. The van der Waals surface area contributed by atoms with E-state index in [0.29, 0.717) is 0 Å². The van der Waals surface area contributed by atoms with Crippen molar-refractivity contribution >= 4 is 29.2 Å². The van der Waals surface area contributed by atoms with Crippen LogP contribution in [-0.4, -0.2) is 30.9 Å². The molecule has 6 nitrogen and oxygen atoms in total. The molecule has 0 bridgehead atoms. The van der Waals surface area contributed by atoms with Crippen molar-refractivity contribution in [2.45, 2.75) is 39.0 Å². The van der Waals surface area contributed by atoms with E-state index in [1.165, 1.54) is 16.7 Å². The number of nitrogens with one attached hydrogen (secondary N) is 1. The Kier molecular flexibility index (Phi) is 5.84. The van der Waals surface area contributed by atoms with Crippen LogP contribution in [0.2, 0.25) is 0 Å². The highest BCUT2D eigenvalue weighted by Gasteiger charge is 2.36. The molecule has 0 spiro atoms. The average molecular weight is 406 g/mol. The van der Waals surface area contributed by atoms with Gasteiger partial charge in [0.25, 0.3) is 5.91 Å². The summed E-state index contributed by atoms with van der Waals surface area (Å²) < 4.78 is 5.19. The Hall–Kier alpha value is -3.15. The lowest BCUT2D eigenvalue weighted by Crippen LogP contribution is -2.28. The highest BCUT2D eigenvalue weighted by Crippen LogP contribution is 2.27. The third-order valence-electron chi connectivity index (χ3n) is 5.84. The molecular weight excluding hydrogens is 380 g/mol. The van der Waals surface area contributed by atoms with E-state index < -0.39 is 11.9 Å². The van der Waals surface area contributed by atoms with Crippen LogP contribution in [0.1, 0.15) is 36.5 Å². The zero-order valence-electron chi connectivity index (χ0n) is 17.1. The molecule has 0 saturated carbocycles. The van der Waals surface area contributed by atoms with Gasteiger partial charge in [-0.05, 0) is 66.6 Å². The van der Waals surface area contributed by atoms with Crippen molar-refractivity contribution in [2.24, 2.45) is 5.92 Å². The molecule has 1 heterocycles. The molecule has 0 unspecified atom stereocenters. The molecule has 1 N–H and O–H groups in total. The standard InChI is InChI=1S/C24H26N2O4/c1-2-16-6-10-21(11-7-16)26-14-19(13-23(26)28)24(29)30-15-22(27)25-20-9-8-17-4-3-5-18(17)12-20/h6-12,19H,2-5,13-15H2,1H3,(H,25,27)/t19-/m1/s1. The molecule has 1 saturated heterocycles. The minimum Gasteiger partial charge on any atom is -0.455 e. The topological polar surface area (TPSA) is 75.7 Å². The van der Waals surface area contributed by atoms with Crippen LogP contribution in [0.15, 0.2) is 42.5 Å². The average Bonchev–Trinajstić information content (AvgIpc) is 3.38. The maximum absolute atomic E-state index is 12.4. The Morgan fingerprint density at radius 2 is 1.87 bits per heavy atom. The summed E-state index contributed by atoms with van der Waals surface area (Å²) in [6.45, 7) is 1.99. The van der Waals surface area contributed by atoms with Crippen molar-refractivity contribution in [2.75, 3.05) is 23.4 Å². The van der Waals surface area contributed by atoms with Gasteiger partial charge in [0.2, 0.25) is 5.91 Å². The van der Waals surface area contributed by atoms with Gasteiger partial charge in [-0.3, -0.25) is 14.4 Å². The van der Waals surface area contributed by atoms with Gasteiger partial charge in [0.05, 0.1) is 5.92 Å². The van der Waals surface area contributed by atoms with Crippen LogP contribution in [0.3, 0.4) is 0 Å². The Balaban J connectivity index is 1.28. The molecular formula is C24H26N2O4. The summed E-state index contributed by atoms with van der Waals surface area (Å²) in [7, 11) is 0. The highest BCUT2D eigenvalue weighted by atomic mass is 16.5. The SMILES string of the molecule is CCc1ccc(N2C[C@H](C(=O)OCC(=O)Nc3ccc4c(c3)CCC4)CC2=O)cc1. The van der Waals surface area contributed by atoms with Crippen molar-refractivity contribution in [3.05, 3.63) is 59.2 Å². The molecule has 4 rings (SSSR count). The number of nitrogens with zero attached hydrogens (tertiary/aromatic N) is 1. The van der Waals surface area contributed by atoms with Gasteiger partial charge < -0.3 is 15.0 Å². The summed E-state index contributed by atoms with van der Waals surface area (Å²) in [5, 5.41) is 2.78. The number of esters is 1. The lowest BCUT2D eigenvalue weighted by atomic mass is 10.1. The molecule has 1 atom stereocenters. The predicted molar refractivity (Wildman–Crippen MR) is 114 cm³/mol. The minimum absolute atomic E-state index is 0.0980. The van der Waals surface area contributed by atoms with E-state index in [2.05, 4.69) is 12.2 Å². The van der Waals surface area contributed by atoms with Crippen molar-refractivity contribution in [1.82, 2.24) is 0 Å². The van der Waals surface area contributed by atoms with Gasteiger partial charge in [-0.15, -0.1) is 0 Å². The van der Waals surface area contributed by atoms with Crippen LogP contribution in [0.5, 0.6) is 0 Å². The Morgan fingerprint density at radius 3 is 2.63 bits per heavy atom. The Bertz CT molecular complexity index is 968. The molecule has 2 aromatic carbocycles. The van der Waals surface area contributed by atoms with Crippen molar-refractivity contribution in [1.29, 1.82) is 0 Å². The summed E-state index contributed by atoms with van der Waals surface area (Å²) in [5.41, 5.74) is 5.28. The molecule has 1 fully saturated rings. The fourth-order valence-electron chi connectivity index (χ4n) is 4.13. The van der Waals surface area contributed by atoms with Gasteiger partial charge in [0.15, 0.2) is 6.61 Å². The first-order chi connectivity index (χ1) is 14.5. The maximum atomic E-state index is 12.4. The normalized spacial score (nSPS) is 17.7. The largest absolute Gasteiger partial charge is 0.455 e. The summed E-state index contributed by atoms with van der Waals surface area (Å²) in [6, 6.07) is 13.7. The molecule has 2 aliphatic rings. The Labute approximate surface area is 176 Å². The van der Waals surface area contributed by atoms with Crippen LogP contribution in [0, 0.1) is 5.92 Å². The monoisotopic (exact) mass is 406 g/mol. The smallest absolute Gasteiger partial charge is 0.311 e. The second-order valence-electron chi connectivity index (χ2n) is 7.92. The van der Waals surface area contributed by atoms with Gasteiger partial charge in [-0.25, -0.2) is 0 Å². The number of rotatable bonds is 6. The van der Waals surface area contributed by atoms with E-state index in [1.54, 1.807) is 4.90 Å². The maximum Gasteiger partial charge on any atom is 0.311 e. The zero-order chi connectivity index (χ0) is 21.1. The molecule has 2 aromatic rings. The van der Waals surface area contributed by atoms with Crippen molar-refractivity contribution in [3.63, 3.8) is 0 Å². The quantitative estimate of drug-likeness (QED) is 0.747. The lowest BCUT2D eigenvalue weighted by Gasteiger charge is -2.17. The first-order valence-electron chi connectivity index (χ1n) is 10.5. The molecule has 6 heteroatoms. The predicted octanol–water partition coefficient (Wildman–Crippen LogP) is 3.27. The van der Waals surface area contributed by atoms with Crippen LogP contribution < -0.4 is 10.2 Å². The van der Waals surface area contributed by atoms with E-state index >= 15 is 0 Å². The molecule has 156 valence electrons. The van der Waals surface area contributed by atoms with Gasteiger partial charge in [0, 0.05) is 24.3 Å². The number of hydrogen-bond acceptors (Lipinski definition) is 4. The fourth-order valence-corrected chi connectivity index (χ4v) is 4.13. The number of hydrogen-bond donors (Lipinski definition) is 1. The molecule has 2 amide bonds. The molecule has 30 heavy (non-hydrogen) atoms. The van der Waals surface area contributed by atoms with E-state index in [0.717, 1.165) is 37.1 Å². The number of benzene rings is 2. The van der Waals surface area contributed by atoms with Gasteiger partial charge in [0.1, 0.15) is 0 Å². The van der Waals surface area contributed by atoms with E-state index in [9.17, 15) is 14.4 Å². The van der Waals surface area contributed by atoms with E-state index in [4.69, 9.17) is 4.74 Å². The van der Waals surface area contributed by atoms with Gasteiger partial charge in [-0.2, -0.15) is 0 Å². The molecule has 1 aliphatic heterocycles. The number of fused-ring (bicyclic) bond motifs is 1. The first kappa shape index (κ1) is 20.1. The number of aryl methyl sites for hydroxylation is 3. The number of carbonyl (C=O) groups excluding carboxylic acids is 3. The fraction of sp³-hybridized carbons (Fsp3) is 0.375. The molecule has 0 radical (unpaired) electrons. The number of ether oxygens (including phenoxy) is 1. The van der Waals surface area contributed by atoms with Gasteiger partial charge >= 0.3 is 5.97 Å². The zero-order valence-corrected chi connectivity index (χ0v) is 17.1. The van der Waals surface area contributed by atoms with Crippen LogP contribution in [0.25, 0.3) is 0 Å². The second-order valence-corrected chi connectivity index (χ2v) is 7.92. The molecule has 0 aromatic heterocycles. The molecule has 1 aliphatic carbocycles. The van der Waals surface area contributed by atoms with Crippen molar-refractivity contribution in [3.8, 4) is 0 Å². The summed E-state index contributed by atoms with van der Waals surface area (Å²) in [5.74, 6) is -1.56. The Morgan fingerprint density at radius 1 is 1.10 bits per heavy atom. The van der Waals surface area contributed by atoms with E-state index in [1.807, 2.05) is 42.5 Å². The summed E-state index contributed by atoms with van der Waals surface area (Å²) in [4.78, 5) is 38.5. The first-order valence-corrected chi connectivity index (χ1v) is 10.5. The van der Waals surface area contributed by atoms with Crippen molar-refractivity contribution < 1.29 is 19.1 Å². The number of carbonyl (C=O) groups is 3. The summed E-state index contributed by atoms with van der Waals surface area (Å²) in [6.07, 6.45) is 4.28. The van der Waals surface area contributed by atoms with E-state index in [-0.39, 0.29) is 31.4 Å². The number of anilines is 2. The van der Waals surface area contributed by atoms with Gasteiger partial charge in [-0.1, -0.05) is 25.1 Å². The minimum atomic E-state index is -0.559. The van der Waals surface area contributed by atoms with Crippen LogP contribution in [-0.2, 0) is 38.4 Å². The summed E-state index contributed by atoms with van der Waals surface area (Å²) >= 11 is 0. The second kappa shape index (κ2) is 8.69.